The highest BCUT2D eigenvalue weighted by Crippen LogP contribution is 2.31. The quantitative estimate of drug-likeness (QED) is 0.292. The van der Waals surface area contributed by atoms with Gasteiger partial charge in [0, 0.05) is 18.2 Å². The molecular formula is C27H25ClN6O3. The number of aromatic nitrogens is 3. The maximum atomic E-state index is 13.3. The molecule has 37 heavy (non-hydrogen) atoms. The van der Waals surface area contributed by atoms with E-state index < -0.39 is 17.4 Å². The molecule has 188 valence electrons. The highest BCUT2D eigenvalue weighted by Gasteiger charge is 2.34. The molecule has 5 rings (SSSR count). The first-order valence-electron chi connectivity index (χ1n) is 11.8. The minimum Gasteiger partial charge on any atom is -0.388 e. The lowest BCUT2D eigenvalue weighted by atomic mass is 9.80. The maximum absolute atomic E-state index is 13.3. The minimum atomic E-state index is -0.866. The predicted octanol–water partition coefficient (Wildman–Crippen LogP) is 4.07. The predicted molar refractivity (Wildman–Crippen MR) is 142 cm³/mol. The second-order valence-corrected chi connectivity index (χ2v) is 9.43. The lowest BCUT2D eigenvalue weighted by molar-refractivity contribution is -0.0300. The summed E-state index contributed by atoms with van der Waals surface area (Å²) in [7, 11) is 0. The molecule has 0 radical (unpaired) electrons. The van der Waals surface area contributed by atoms with E-state index in [2.05, 4.69) is 20.7 Å². The highest BCUT2D eigenvalue weighted by molar-refractivity contribution is 6.34. The molecule has 2 aromatic carbocycles. The molecule has 1 aliphatic rings. The first-order chi connectivity index (χ1) is 17.8. The van der Waals surface area contributed by atoms with Crippen molar-refractivity contribution in [2.45, 2.75) is 24.9 Å². The summed E-state index contributed by atoms with van der Waals surface area (Å²) in [4.78, 5) is 30.5. The van der Waals surface area contributed by atoms with Crippen LogP contribution < -0.4 is 16.4 Å². The van der Waals surface area contributed by atoms with Gasteiger partial charge in [0.25, 0.3) is 11.8 Å². The van der Waals surface area contributed by atoms with Crippen LogP contribution in [0.2, 0.25) is 5.02 Å². The van der Waals surface area contributed by atoms with Gasteiger partial charge < -0.3 is 21.5 Å². The van der Waals surface area contributed by atoms with Crippen LogP contribution in [-0.4, -0.2) is 43.8 Å². The normalized spacial score (nSPS) is 14.0. The van der Waals surface area contributed by atoms with Gasteiger partial charge in [-0.3, -0.25) is 9.59 Å². The molecule has 0 spiro atoms. The zero-order chi connectivity index (χ0) is 26.0. The van der Waals surface area contributed by atoms with Gasteiger partial charge in [0.1, 0.15) is 11.6 Å². The Labute approximate surface area is 218 Å². The zero-order valence-electron chi connectivity index (χ0n) is 19.8. The lowest BCUT2D eigenvalue weighted by Crippen LogP contribution is -2.47. The van der Waals surface area contributed by atoms with E-state index in [0.717, 1.165) is 6.42 Å². The molecule has 0 bridgehead atoms. The van der Waals surface area contributed by atoms with Crippen molar-refractivity contribution >= 4 is 35.1 Å². The number of nitrogen functional groups attached to an aromatic ring is 1. The van der Waals surface area contributed by atoms with E-state index in [9.17, 15) is 14.7 Å². The topological polar surface area (TPSA) is 135 Å². The molecule has 2 aromatic heterocycles. The molecule has 0 saturated heterocycles. The lowest BCUT2D eigenvalue weighted by Gasteiger charge is -2.36. The molecule has 2 heterocycles. The zero-order valence-corrected chi connectivity index (χ0v) is 20.6. The van der Waals surface area contributed by atoms with E-state index in [1.54, 1.807) is 48.5 Å². The van der Waals surface area contributed by atoms with Crippen LogP contribution in [0, 0.1) is 0 Å². The largest absolute Gasteiger partial charge is 0.388 e. The van der Waals surface area contributed by atoms with Gasteiger partial charge in [-0.25, -0.2) is 9.67 Å². The van der Waals surface area contributed by atoms with Gasteiger partial charge in [0.15, 0.2) is 5.69 Å². The molecule has 0 atom stereocenters. The molecule has 1 saturated carbocycles. The van der Waals surface area contributed by atoms with Crippen molar-refractivity contribution in [1.29, 1.82) is 0 Å². The number of halogens is 1. The van der Waals surface area contributed by atoms with E-state index in [4.69, 9.17) is 17.3 Å². The van der Waals surface area contributed by atoms with Crippen LogP contribution in [-0.2, 0) is 0 Å². The minimum absolute atomic E-state index is 0.103. The Morgan fingerprint density at radius 1 is 1.03 bits per heavy atom. The monoisotopic (exact) mass is 516 g/mol. The third kappa shape index (κ3) is 5.32. The number of hydrogen-bond acceptors (Lipinski definition) is 6. The average Bonchev–Trinajstić information content (AvgIpc) is 3.30. The Morgan fingerprint density at radius 2 is 1.81 bits per heavy atom. The number of nitrogens with one attached hydrogen (secondary N) is 2. The standard InChI is InChI=1S/C27H25ClN6O3/c28-20-11-10-17(21-8-4-9-23(29)31-21)14-19(20)25(35)32-24-15-22(26(36)30-16-27(37)12-5-13-27)33-34(24)18-6-2-1-3-7-18/h1-4,6-11,14-15,37H,5,12-13,16H2,(H2,29,31)(H,30,36)(H,32,35). The van der Waals surface area contributed by atoms with Crippen LogP contribution in [0.25, 0.3) is 16.9 Å². The van der Waals surface area contributed by atoms with Crippen molar-refractivity contribution < 1.29 is 14.7 Å². The fraction of sp³-hybridized carbons (Fsp3) is 0.185. The fourth-order valence-electron chi connectivity index (χ4n) is 4.10. The fourth-order valence-corrected chi connectivity index (χ4v) is 4.30. The summed E-state index contributed by atoms with van der Waals surface area (Å²) >= 11 is 6.38. The number of benzene rings is 2. The van der Waals surface area contributed by atoms with Crippen LogP contribution in [0.15, 0.2) is 72.8 Å². The van der Waals surface area contributed by atoms with E-state index in [0.29, 0.717) is 35.6 Å². The number of aliphatic hydroxyl groups is 1. The van der Waals surface area contributed by atoms with Crippen LogP contribution in [0.3, 0.4) is 0 Å². The number of anilines is 2. The maximum Gasteiger partial charge on any atom is 0.271 e. The van der Waals surface area contributed by atoms with Crippen molar-refractivity contribution in [3.63, 3.8) is 0 Å². The van der Waals surface area contributed by atoms with Crippen LogP contribution >= 0.6 is 11.6 Å². The third-order valence-corrected chi connectivity index (χ3v) is 6.65. The first kappa shape index (κ1) is 24.5. The number of rotatable bonds is 7. The summed E-state index contributed by atoms with van der Waals surface area (Å²) in [6.07, 6.45) is 2.23. The number of amides is 2. The van der Waals surface area contributed by atoms with Gasteiger partial charge in [-0.1, -0.05) is 41.9 Å². The molecule has 1 fully saturated rings. The molecule has 10 heteroatoms. The number of hydrogen-bond donors (Lipinski definition) is 4. The first-order valence-corrected chi connectivity index (χ1v) is 12.2. The molecule has 0 aliphatic heterocycles. The van der Waals surface area contributed by atoms with E-state index in [1.807, 2.05) is 18.2 Å². The smallest absolute Gasteiger partial charge is 0.271 e. The summed E-state index contributed by atoms with van der Waals surface area (Å²) in [5.41, 5.74) is 7.20. The highest BCUT2D eigenvalue weighted by atomic mass is 35.5. The number of nitrogens with zero attached hydrogens (tertiary/aromatic N) is 3. The molecule has 5 N–H and O–H groups in total. The Kier molecular flexibility index (Phi) is 6.64. The molecule has 4 aromatic rings. The Bertz CT molecular complexity index is 1470. The van der Waals surface area contributed by atoms with Crippen molar-refractivity contribution in [3.8, 4) is 16.9 Å². The summed E-state index contributed by atoms with van der Waals surface area (Å²) < 4.78 is 1.47. The molecule has 0 unspecified atom stereocenters. The van der Waals surface area contributed by atoms with Crippen LogP contribution in [0.5, 0.6) is 0 Å². The third-order valence-electron chi connectivity index (χ3n) is 6.32. The Hall–Kier alpha value is -4.21. The van der Waals surface area contributed by atoms with Gasteiger partial charge in [0.05, 0.1) is 27.6 Å². The summed E-state index contributed by atoms with van der Waals surface area (Å²) in [6, 6.07) is 20.9. The average molecular weight is 517 g/mol. The van der Waals surface area contributed by atoms with Crippen LogP contribution in [0.1, 0.15) is 40.1 Å². The van der Waals surface area contributed by atoms with Gasteiger partial charge in [0.2, 0.25) is 0 Å². The number of pyridine rings is 1. The van der Waals surface area contributed by atoms with Crippen LogP contribution in [0.4, 0.5) is 11.6 Å². The molecule has 2 amide bonds. The van der Waals surface area contributed by atoms with Gasteiger partial charge in [-0.2, -0.15) is 5.10 Å². The Balaban J connectivity index is 1.43. The Morgan fingerprint density at radius 3 is 2.51 bits per heavy atom. The van der Waals surface area contributed by atoms with E-state index in [-0.39, 0.29) is 28.6 Å². The van der Waals surface area contributed by atoms with Gasteiger partial charge in [-0.05, 0) is 55.7 Å². The van der Waals surface area contributed by atoms with Crippen molar-refractivity contribution in [2.75, 3.05) is 17.6 Å². The number of nitrogens with two attached hydrogens (primary N) is 1. The molecular weight excluding hydrogens is 492 g/mol. The van der Waals surface area contributed by atoms with E-state index in [1.165, 1.54) is 10.7 Å². The van der Waals surface area contributed by atoms with Crippen molar-refractivity contribution in [3.05, 3.63) is 89.1 Å². The van der Waals surface area contributed by atoms with Crippen molar-refractivity contribution in [1.82, 2.24) is 20.1 Å². The SMILES string of the molecule is Nc1cccc(-c2ccc(Cl)c(C(=O)Nc3cc(C(=O)NCC4(O)CCC4)nn3-c3ccccc3)c2)n1. The van der Waals surface area contributed by atoms with Crippen molar-refractivity contribution in [2.24, 2.45) is 0 Å². The van der Waals surface area contributed by atoms with Gasteiger partial charge >= 0.3 is 0 Å². The second-order valence-electron chi connectivity index (χ2n) is 9.02. The summed E-state index contributed by atoms with van der Waals surface area (Å²) in [5, 5.41) is 20.6. The molecule has 1 aliphatic carbocycles. The number of carbonyl (C=O) groups excluding carboxylic acids is 2. The van der Waals surface area contributed by atoms with E-state index >= 15 is 0 Å². The molecule has 9 nitrogen and oxygen atoms in total. The second kappa shape index (κ2) is 10.0. The summed E-state index contributed by atoms with van der Waals surface area (Å²) in [5.74, 6) is -0.283. The number of carbonyl (C=O) groups is 2. The number of para-hydroxylation sites is 1. The summed E-state index contributed by atoms with van der Waals surface area (Å²) in [6.45, 7) is 0.145. The van der Waals surface area contributed by atoms with Gasteiger partial charge in [-0.15, -0.1) is 0 Å².